The summed E-state index contributed by atoms with van der Waals surface area (Å²) in [5.41, 5.74) is 6.45. The molecule has 0 aliphatic heterocycles. The molecule has 0 spiro atoms. The largest absolute Gasteiger partial charge is 0.497 e. The molecule has 4 aromatic rings. The summed E-state index contributed by atoms with van der Waals surface area (Å²) in [5.74, 6) is 0.893. The van der Waals surface area contributed by atoms with Gasteiger partial charge in [-0.3, -0.25) is 4.79 Å². The van der Waals surface area contributed by atoms with Crippen LogP contribution in [0.3, 0.4) is 0 Å². The fourth-order valence-corrected chi connectivity index (χ4v) is 3.98. The Bertz CT molecular complexity index is 1360. The number of hydrogen-bond acceptors (Lipinski definition) is 4. The zero-order valence-corrected chi connectivity index (χ0v) is 23.2. The molecule has 0 amide bonds. The average molecular weight is 515 g/mol. The van der Waals surface area contributed by atoms with Gasteiger partial charge in [-0.2, -0.15) is 0 Å². The predicted molar refractivity (Wildman–Crippen MR) is 155 cm³/mol. The molecule has 0 saturated heterocycles. The van der Waals surface area contributed by atoms with Crippen molar-refractivity contribution >= 4 is 29.3 Å². The zero-order chi connectivity index (χ0) is 28.1. The van der Waals surface area contributed by atoms with E-state index in [4.69, 9.17) is 14.3 Å². The Hall–Kier alpha value is -4.12. The number of aldehydes is 1. The quantitative estimate of drug-likeness (QED) is 0.238. The van der Waals surface area contributed by atoms with Gasteiger partial charge in [0, 0.05) is 22.9 Å². The van der Waals surface area contributed by atoms with E-state index < -0.39 is 5.97 Å². The first-order chi connectivity index (χ1) is 18.4. The first-order valence-electron chi connectivity index (χ1n) is 13.0. The highest BCUT2D eigenvalue weighted by molar-refractivity contribution is 5.97. The van der Waals surface area contributed by atoms with Crippen molar-refractivity contribution < 1.29 is 23.8 Å². The molecule has 0 bridgehead atoms. The summed E-state index contributed by atoms with van der Waals surface area (Å²) in [6.45, 7) is 10.5. The van der Waals surface area contributed by atoms with Crippen molar-refractivity contribution in [3.05, 3.63) is 106 Å². The van der Waals surface area contributed by atoms with Crippen LogP contribution < -0.4 is 4.74 Å². The Morgan fingerprint density at radius 2 is 1.68 bits per heavy atom. The van der Waals surface area contributed by atoms with Gasteiger partial charge in [-0.15, -0.1) is 0 Å². The maximum Gasteiger partial charge on any atom is 0.336 e. The van der Waals surface area contributed by atoms with Crippen LogP contribution in [0.4, 0.5) is 0 Å². The molecule has 0 fully saturated rings. The molecule has 0 radical (unpaired) electrons. The van der Waals surface area contributed by atoms with Gasteiger partial charge in [-0.1, -0.05) is 81.3 Å². The second-order valence-corrected chi connectivity index (χ2v) is 8.48. The monoisotopic (exact) mass is 514 g/mol. The summed E-state index contributed by atoms with van der Waals surface area (Å²) in [6.07, 6.45) is 5.73. The van der Waals surface area contributed by atoms with Crippen LogP contribution in [0.2, 0.25) is 0 Å². The lowest BCUT2D eigenvalue weighted by molar-refractivity contribution is 0.0694. The molecule has 0 unspecified atom stereocenters. The second-order valence-electron chi connectivity index (χ2n) is 8.48. The number of carboxylic acid groups (broad SMARTS) is 1. The summed E-state index contributed by atoms with van der Waals surface area (Å²) in [4.78, 5) is 20.7. The number of carbonyl (C=O) groups is 2. The van der Waals surface area contributed by atoms with E-state index in [0.717, 1.165) is 36.4 Å². The van der Waals surface area contributed by atoms with Gasteiger partial charge in [0.2, 0.25) is 0 Å². The summed E-state index contributed by atoms with van der Waals surface area (Å²) in [5, 5.41) is 9.76. The number of carbonyl (C=O) groups excluding carboxylic acids is 1. The van der Waals surface area contributed by atoms with Crippen LogP contribution >= 0.6 is 0 Å². The van der Waals surface area contributed by atoms with Crippen LogP contribution in [-0.4, -0.2) is 24.5 Å². The molecule has 3 aromatic carbocycles. The van der Waals surface area contributed by atoms with Gasteiger partial charge in [-0.25, -0.2) is 4.79 Å². The molecule has 0 aliphatic rings. The van der Waals surface area contributed by atoms with Crippen molar-refractivity contribution in [3.8, 4) is 5.75 Å². The molecule has 5 heteroatoms. The third-order valence-corrected chi connectivity index (χ3v) is 5.99. The number of benzene rings is 3. The van der Waals surface area contributed by atoms with E-state index in [1.165, 1.54) is 39.8 Å². The number of ether oxygens (including phenoxy) is 1. The van der Waals surface area contributed by atoms with Gasteiger partial charge in [0.25, 0.3) is 0 Å². The maximum atomic E-state index is 10.4. The fourth-order valence-electron chi connectivity index (χ4n) is 3.98. The van der Waals surface area contributed by atoms with Crippen LogP contribution in [0.5, 0.6) is 5.75 Å². The lowest BCUT2D eigenvalue weighted by Crippen LogP contribution is -2.00. The van der Waals surface area contributed by atoms with Crippen LogP contribution in [0, 0.1) is 6.92 Å². The van der Waals surface area contributed by atoms with E-state index in [1.807, 2.05) is 26.0 Å². The number of allylic oxidation sites excluding steroid dienone is 1. The van der Waals surface area contributed by atoms with Crippen molar-refractivity contribution in [2.45, 2.75) is 53.9 Å². The van der Waals surface area contributed by atoms with E-state index in [0.29, 0.717) is 6.29 Å². The lowest BCUT2D eigenvalue weighted by Gasteiger charge is -2.07. The number of fused-ring (bicyclic) bond motifs is 1. The normalized spacial score (nSPS) is 10.6. The average Bonchev–Trinajstić information content (AvgIpc) is 3.30. The second kappa shape index (κ2) is 15.2. The van der Waals surface area contributed by atoms with Gasteiger partial charge in [0.1, 0.15) is 17.1 Å². The van der Waals surface area contributed by atoms with Crippen LogP contribution in [0.25, 0.3) is 17.0 Å². The number of aromatic carboxylic acids is 1. The summed E-state index contributed by atoms with van der Waals surface area (Å²) in [6, 6.07) is 20.8. The molecule has 0 aliphatic carbocycles. The molecule has 0 atom stereocenters. The Balaban J connectivity index is 0.000000327. The van der Waals surface area contributed by atoms with E-state index >= 15 is 0 Å². The van der Waals surface area contributed by atoms with Crippen molar-refractivity contribution in [3.63, 3.8) is 0 Å². The first-order valence-corrected chi connectivity index (χ1v) is 13.0. The minimum atomic E-state index is -1.08. The maximum absolute atomic E-state index is 10.4. The van der Waals surface area contributed by atoms with Crippen LogP contribution in [-0.2, 0) is 12.8 Å². The Morgan fingerprint density at radius 3 is 2.24 bits per heavy atom. The van der Waals surface area contributed by atoms with Crippen molar-refractivity contribution in [1.29, 1.82) is 0 Å². The minimum Gasteiger partial charge on any atom is -0.497 e. The molecule has 1 N–H and O–H groups in total. The van der Waals surface area contributed by atoms with Crippen molar-refractivity contribution in [1.82, 2.24) is 0 Å². The summed E-state index contributed by atoms with van der Waals surface area (Å²) in [7, 11) is 1.70. The van der Waals surface area contributed by atoms with Crippen LogP contribution in [0.1, 0.15) is 77.3 Å². The molecule has 1 aromatic heterocycles. The number of aryl methyl sites for hydroxylation is 2. The zero-order valence-electron chi connectivity index (χ0n) is 23.2. The topological polar surface area (TPSA) is 76.7 Å². The molecular weight excluding hydrogens is 476 g/mol. The SMILES string of the molecule is CC.CC/C(=C\c1c(CC)oc2ccc(C)cc12)Cc1ccc(OC)cc1.O=Cc1ccccc1C(=O)O. The summed E-state index contributed by atoms with van der Waals surface area (Å²) < 4.78 is 11.3. The smallest absolute Gasteiger partial charge is 0.336 e. The van der Waals surface area contributed by atoms with Crippen molar-refractivity contribution in [2.24, 2.45) is 0 Å². The Morgan fingerprint density at radius 1 is 1.00 bits per heavy atom. The highest BCUT2D eigenvalue weighted by Gasteiger charge is 2.12. The van der Waals surface area contributed by atoms with E-state index in [-0.39, 0.29) is 11.1 Å². The Kier molecular flexibility index (Phi) is 12.0. The van der Waals surface area contributed by atoms with E-state index in [9.17, 15) is 9.59 Å². The fraction of sp³-hybridized carbons (Fsp3) is 0.273. The highest BCUT2D eigenvalue weighted by atomic mass is 16.5. The van der Waals surface area contributed by atoms with E-state index in [1.54, 1.807) is 19.2 Å². The number of carboxylic acids is 1. The minimum absolute atomic E-state index is 0.0440. The van der Waals surface area contributed by atoms with Gasteiger partial charge >= 0.3 is 5.97 Å². The van der Waals surface area contributed by atoms with Gasteiger partial charge in [-0.05, 0) is 55.7 Å². The highest BCUT2D eigenvalue weighted by Crippen LogP contribution is 2.30. The molecule has 38 heavy (non-hydrogen) atoms. The first kappa shape index (κ1) is 30.1. The van der Waals surface area contributed by atoms with Gasteiger partial charge in [0.15, 0.2) is 6.29 Å². The molecule has 200 valence electrons. The van der Waals surface area contributed by atoms with E-state index in [2.05, 4.69) is 57.2 Å². The lowest BCUT2D eigenvalue weighted by atomic mass is 9.98. The third-order valence-electron chi connectivity index (χ3n) is 5.99. The van der Waals surface area contributed by atoms with Gasteiger partial charge in [0.05, 0.1) is 12.7 Å². The number of hydrogen-bond donors (Lipinski definition) is 1. The predicted octanol–water partition coefficient (Wildman–Crippen LogP) is 8.57. The van der Waals surface area contributed by atoms with Gasteiger partial charge < -0.3 is 14.3 Å². The molecule has 1 heterocycles. The molecular formula is C33H38O5. The number of methoxy groups -OCH3 is 1. The summed E-state index contributed by atoms with van der Waals surface area (Å²) >= 11 is 0. The van der Waals surface area contributed by atoms with Crippen molar-refractivity contribution in [2.75, 3.05) is 7.11 Å². The molecule has 5 nitrogen and oxygen atoms in total. The molecule has 0 saturated carbocycles. The third kappa shape index (κ3) is 7.94. The Labute approximate surface area is 225 Å². The van der Waals surface area contributed by atoms with Crippen LogP contribution in [0.15, 0.2) is 76.7 Å². The number of furan rings is 1. The number of rotatable bonds is 8. The standard InChI is InChI=1S/C23H26O2.C8H6O3.C2H6/c1-5-17(14-18-8-10-19(24-4)11-9-18)15-21-20-13-16(3)7-12-23(20)25-22(21)6-2;9-5-6-3-1-2-4-7(6)8(10)11;1-2/h7-13,15H,5-6,14H2,1-4H3;1-5H,(H,10,11);1-2H3/b17-15+;;. The molecule has 4 rings (SSSR count).